The van der Waals surface area contributed by atoms with Gasteiger partial charge in [-0.15, -0.1) is 10.2 Å². The monoisotopic (exact) mass is 588 g/mol. The van der Waals surface area contributed by atoms with Crippen molar-refractivity contribution in [1.82, 2.24) is 14.8 Å². The predicted octanol–water partition coefficient (Wildman–Crippen LogP) is 6.98. The van der Waals surface area contributed by atoms with Crippen molar-refractivity contribution in [3.63, 3.8) is 0 Å². The fraction of sp³-hybridized carbons (Fsp3) is 0.259. The highest BCUT2D eigenvalue weighted by molar-refractivity contribution is 7.99. The summed E-state index contributed by atoms with van der Waals surface area (Å²) in [6.45, 7) is 4.00. The molecule has 0 amide bonds. The molecule has 0 saturated heterocycles. The maximum absolute atomic E-state index is 11.7. The van der Waals surface area contributed by atoms with Crippen LogP contribution in [-0.2, 0) is 6.61 Å². The Kier molecular flexibility index (Phi) is 9.55. The first-order valence-corrected chi connectivity index (χ1v) is 13.6. The molecule has 1 aromatic heterocycles. The summed E-state index contributed by atoms with van der Waals surface area (Å²) in [6.07, 6.45) is 0. The lowest BCUT2D eigenvalue weighted by molar-refractivity contribution is -0.479. The van der Waals surface area contributed by atoms with Crippen LogP contribution in [0.2, 0.25) is 10.0 Å². The van der Waals surface area contributed by atoms with Gasteiger partial charge in [-0.1, -0.05) is 47.1 Å². The zero-order chi connectivity index (χ0) is 27.9. The van der Waals surface area contributed by atoms with Gasteiger partial charge in [0.05, 0.1) is 23.8 Å². The number of aromatic nitrogens is 3. The van der Waals surface area contributed by atoms with Crippen LogP contribution >= 0.6 is 35.0 Å². The number of nitro groups is 1. The van der Waals surface area contributed by atoms with Crippen molar-refractivity contribution < 1.29 is 19.1 Å². The van der Waals surface area contributed by atoms with E-state index in [9.17, 15) is 10.1 Å². The number of rotatable bonds is 12. The molecule has 0 spiro atoms. The molecule has 4 rings (SSSR count). The van der Waals surface area contributed by atoms with Gasteiger partial charge in [-0.25, -0.2) is 0 Å². The van der Waals surface area contributed by atoms with E-state index in [1.807, 2.05) is 48.7 Å². The summed E-state index contributed by atoms with van der Waals surface area (Å²) < 4.78 is 18.9. The highest BCUT2D eigenvalue weighted by Crippen LogP contribution is 2.40. The molecule has 0 saturated carbocycles. The van der Waals surface area contributed by atoms with E-state index in [0.717, 1.165) is 17.0 Å². The molecule has 0 N–H and O–H groups in total. The second kappa shape index (κ2) is 13.1. The Morgan fingerprint density at radius 3 is 2.44 bits per heavy atom. The van der Waals surface area contributed by atoms with E-state index < -0.39 is 5.25 Å². The molecule has 0 fully saturated rings. The molecule has 0 bridgehead atoms. The van der Waals surface area contributed by atoms with Crippen LogP contribution in [0, 0.1) is 17.0 Å². The number of hydrogen-bond donors (Lipinski definition) is 0. The van der Waals surface area contributed by atoms with Gasteiger partial charge in [0.25, 0.3) is 0 Å². The molecule has 1 atom stereocenters. The Hall–Kier alpha value is -3.47. The molecule has 0 aliphatic carbocycles. The highest BCUT2D eigenvalue weighted by Gasteiger charge is 2.25. The van der Waals surface area contributed by atoms with Crippen LogP contribution in [-0.4, -0.2) is 39.9 Å². The lowest BCUT2D eigenvalue weighted by Crippen LogP contribution is -2.11. The van der Waals surface area contributed by atoms with Crippen LogP contribution in [0.5, 0.6) is 17.2 Å². The minimum atomic E-state index is -0.566. The van der Waals surface area contributed by atoms with Crippen molar-refractivity contribution >= 4 is 35.0 Å². The van der Waals surface area contributed by atoms with Gasteiger partial charge in [0, 0.05) is 10.6 Å². The average Bonchev–Trinajstić information content (AvgIpc) is 3.29. The zero-order valence-corrected chi connectivity index (χ0v) is 23.8. The average molecular weight is 590 g/mol. The summed E-state index contributed by atoms with van der Waals surface area (Å²) >= 11 is 13.4. The van der Waals surface area contributed by atoms with E-state index >= 15 is 0 Å². The van der Waals surface area contributed by atoms with Crippen molar-refractivity contribution in [2.24, 2.45) is 0 Å². The predicted molar refractivity (Wildman–Crippen MR) is 152 cm³/mol. The van der Waals surface area contributed by atoms with Crippen LogP contribution in [0.4, 0.5) is 0 Å². The van der Waals surface area contributed by atoms with Crippen LogP contribution in [0.15, 0.2) is 65.8 Å². The number of thioether (sulfide) groups is 1. The smallest absolute Gasteiger partial charge is 0.220 e. The van der Waals surface area contributed by atoms with E-state index in [-0.39, 0.29) is 18.1 Å². The van der Waals surface area contributed by atoms with Gasteiger partial charge in [-0.3, -0.25) is 14.7 Å². The molecular weight excluding hydrogens is 563 g/mol. The molecule has 0 unspecified atom stereocenters. The second-order valence-corrected chi connectivity index (χ2v) is 10.3. The quantitative estimate of drug-likeness (QED) is 0.0991. The van der Waals surface area contributed by atoms with Gasteiger partial charge in [0.1, 0.15) is 23.4 Å². The summed E-state index contributed by atoms with van der Waals surface area (Å²) in [5.74, 6) is 2.36. The van der Waals surface area contributed by atoms with Gasteiger partial charge in [-0.05, 0) is 73.5 Å². The Morgan fingerprint density at radius 2 is 1.77 bits per heavy atom. The zero-order valence-electron chi connectivity index (χ0n) is 21.5. The van der Waals surface area contributed by atoms with Crippen LogP contribution < -0.4 is 14.2 Å². The molecule has 39 heavy (non-hydrogen) atoms. The van der Waals surface area contributed by atoms with E-state index in [4.69, 9.17) is 37.4 Å². The Bertz CT molecular complexity index is 1450. The van der Waals surface area contributed by atoms with E-state index in [0.29, 0.717) is 44.7 Å². The second-order valence-electron chi connectivity index (χ2n) is 8.36. The van der Waals surface area contributed by atoms with E-state index in [2.05, 4.69) is 10.2 Å². The minimum absolute atomic E-state index is 0.244. The normalized spacial score (nSPS) is 11.7. The van der Waals surface area contributed by atoms with Crippen LogP contribution in [0.25, 0.3) is 5.69 Å². The summed E-state index contributed by atoms with van der Waals surface area (Å²) in [6, 6.07) is 18.0. The fourth-order valence-electron chi connectivity index (χ4n) is 3.82. The standard InChI is InChI=1S/C27H26Cl2N4O5S/c1-4-37-25-14-19(6-12-24(25)38-16-18-5-11-22(28)23(29)13-18)26(15-32(34)35)39-27-31-30-17(2)33(27)20-7-9-21(36-3)10-8-20/h5-14,26H,4,15-16H2,1-3H3/t26-/m0/s1. The molecule has 9 nitrogen and oxygen atoms in total. The molecular formula is C27H26Cl2N4O5S. The van der Waals surface area contributed by atoms with Crippen molar-refractivity contribution in [2.75, 3.05) is 20.3 Å². The summed E-state index contributed by atoms with van der Waals surface area (Å²) in [5.41, 5.74) is 2.36. The molecule has 12 heteroatoms. The van der Waals surface area contributed by atoms with Gasteiger partial charge < -0.3 is 14.2 Å². The first-order valence-electron chi connectivity index (χ1n) is 12.0. The third-order valence-electron chi connectivity index (χ3n) is 5.71. The molecule has 0 radical (unpaired) electrons. The summed E-state index contributed by atoms with van der Waals surface area (Å²) in [4.78, 5) is 11.3. The van der Waals surface area contributed by atoms with Crippen LogP contribution in [0.1, 0.15) is 29.1 Å². The lowest BCUT2D eigenvalue weighted by Gasteiger charge is -2.17. The van der Waals surface area contributed by atoms with Crippen molar-refractivity contribution in [3.8, 4) is 22.9 Å². The van der Waals surface area contributed by atoms with Gasteiger partial charge in [0.2, 0.25) is 6.54 Å². The number of aryl methyl sites for hydroxylation is 1. The van der Waals surface area contributed by atoms with Crippen molar-refractivity contribution in [2.45, 2.75) is 30.9 Å². The van der Waals surface area contributed by atoms with Crippen molar-refractivity contribution in [1.29, 1.82) is 0 Å². The third-order valence-corrected chi connectivity index (χ3v) is 7.63. The molecule has 4 aromatic rings. The number of nitrogens with zero attached hydrogens (tertiary/aromatic N) is 4. The largest absolute Gasteiger partial charge is 0.497 e. The summed E-state index contributed by atoms with van der Waals surface area (Å²) in [5, 5.41) is 21.0. The minimum Gasteiger partial charge on any atom is -0.497 e. The molecule has 0 aliphatic heterocycles. The van der Waals surface area contributed by atoms with Gasteiger partial charge in [0.15, 0.2) is 16.7 Å². The SMILES string of the molecule is CCOc1cc([C@H](C[N+](=O)[O-])Sc2nnc(C)n2-c2ccc(OC)cc2)ccc1OCc1ccc(Cl)c(Cl)c1. The third kappa shape index (κ3) is 7.14. The molecule has 3 aromatic carbocycles. The Labute approximate surface area is 240 Å². The molecule has 0 aliphatic rings. The Balaban J connectivity index is 1.61. The number of hydrogen-bond acceptors (Lipinski definition) is 8. The summed E-state index contributed by atoms with van der Waals surface area (Å²) in [7, 11) is 1.60. The first-order chi connectivity index (χ1) is 18.8. The first kappa shape index (κ1) is 28.5. The number of ether oxygens (including phenoxy) is 3. The van der Waals surface area contributed by atoms with Crippen LogP contribution in [0.3, 0.4) is 0 Å². The number of methoxy groups -OCH3 is 1. The van der Waals surface area contributed by atoms with Crippen molar-refractivity contribution in [3.05, 3.63) is 97.8 Å². The lowest BCUT2D eigenvalue weighted by atomic mass is 10.1. The maximum Gasteiger partial charge on any atom is 0.220 e. The van der Waals surface area contributed by atoms with E-state index in [1.165, 1.54) is 11.8 Å². The number of benzene rings is 3. The fourth-order valence-corrected chi connectivity index (χ4v) is 5.31. The number of halogens is 2. The van der Waals surface area contributed by atoms with E-state index in [1.54, 1.807) is 37.4 Å². The topological polar surface area (TPSA) is 102 Å². The molecule has 204 valence electrons. The van der Waals surface area contributed by atoms with Gasteiger partial charge >= 0.3 is 0 Å². The maximum atomic E-state index is 11.7. The Morgan fingerprint density at radius 1 is 1.00 bits per heavy atom. The molecule has 1 heterocycles. The highest BCUT2D eigenvalue weighted by atomic mass is 35.5. The van der Waals surface area contributed by atoms with Gasteiger partial charge in [-0.2, -0.15) is 0 Å².